The molecule has 102 valence electrons. The molecule has 0 spiro atoms. The molecule has 0 aliphatic rings. The molecule has 1 aromatic carbocycles. The smallest absolute Gasteiger partial charge is 0.185 e. The molecule has 0 aliphatic carbocycles. The van der Waals surface area contributed by atoms with Gasteiger partial charge in [0.25, 0.3) is 0 Å². The van der Waals surface area contributed by atoms with E-state index in [4.69, 9.17) is 0 Å². The van der Waals surface area contributed by atoms with Gasteiger partial charge in [0.1, 0.15) is 6.10 Å². The number of benzene rings is 1. The standard InChI is InChI=1S/C14H16O3S2/c1-9(15)18-8-6-12(16)13(17)11-4-2-3-10-5-7-19-14(10)11/h2-5,7,12-13,16-17H,6,8H2,1H3. The van der Waals surface area contributed by atoms with Gasteiger partial charge in [-0.2, -0.15) is 0 Å². The molecule has 2 atom stereocenters. The minimum Gasteiger partial charge on any atom is -0.390 e. The van der Waals surface area contributed by atoms with E-state index in [1.807, 2.05) is 29.6 Å². The Hall–Kier alpha value is -0.880. The number of aliphatic hydroxyl groups is 2. The fourth-order valence-corrected chi connectivity index (χ4v) is 3.53. The molecule has 0 saturated carbocycles. The summed E-state index contributed by atoms with van der Waals surface area (Å²) in [6.07, 6.45) is -1.36. The van der Waals surface area contributed by atoms with Crippen LogP contribution in [-0.2, 0) is 4.79 Å². The Balaban J connectivity index is 2.08. The van der Waals surface area contributed by atoms with Gasteiger partial charge in [-0.3, -0.25) is 4.79 Å². The number of aliphatic hydroxyl groups excluding tert-OH is 2. The van der Waals surface area contributed by atoms with Crippen molar-refractivity contribution in [3.05, 3.63) is 35.2 Å². The fraction of sp³-hybridized carbons (Fsp3) is 0.357. The van der Waals surface area contributed by atoms with Crippen LogP contribution in [0.3, 0.4) is 0 Å². The molecule has 3 nitrogen and oxygen atoms in total. The molecule has 2 aromatic rings. The minimum absolute atomic E-state index is 0.0297. The lowest BCUT2D eigenvalue weighted by atomic mass is 10.0. The van der Waals surface area contributed by atoms with Crippen LogP contribution in [0.2, 0.25) is 0 Å². The van der Waals surface area contributed by atoms with E-state index in [1.54, 1.807) is 11.3 Å². The largest absolute Gasteiger partial charge is 0.390 e. The first-order valence-corrected chi connectivity index (χ1v) is 7.91. The van der Waals surface area contributed by atoms with Gasteiger partial charge >= 0.3 is 0 Å². The highest BCUT2D eigenvalue weighted by atomic mass is 32.2. The van der Waals surface area contributed by atoms with Gasteiger partial charge < -0.3 is 10.2 Å². The molecule has 5 heteroatoms. The van der Waals surface area contributed by atoms with Crippen LogP contribution in [0.5, 0.6) is 0 Å². The summed E-state index contributed by atoms with van der Waals surface area (Å²) in [4.78, 5) is 10.8. The van der Waals surface area contributed by atoms with Gasteiger partial charge in [0.15, 0.2) is 5.12 Å². The van der Waals surface area contributed by atoms with Gasteiger partial charge in [-0.15, -0.1) is 11.3 Å². The van der Waals surface area contributed by atoms with E-state index in [2.05, 4.69) is 0 Å². The Morgan fingerprint density at radius 3 is 2.89 bits per heavy atom. The van der Waals surface area contributed by atoms with E-state index in [9.17, 15) is 15.0 Å². The summed E-state index contributed by atoms with van der Waals surface area (Å²) in [6, 6.07) is 7.70. The summed E-state index contributed by atoms with van der Waals surface area (Å²) in [5.74, 6) is 0.522. The number of fused-ring (bicyclic) bond motifs is 1. The third-order valence-corrected chi connectivity index (χ3v) is 4.74. The highest BCUT2D eigenvalue weighted by Crippen LogP contribution is 2.31. The predicted octanol–water partition coefficient (Wildman–Crippen LogP) is 2.97. The van der Waals surface area contributed by atoms with Gasteiger partial charge in [0.05, 0.1) is 6.10 Å². The van der Waals surface area contributed by atoms with Crippen molar-refractivity contribution in [1.82, 2.24) is 0 Å². The molecule has 0 fully saturated rings. The first-order valence-electron chi connectivity index (χ1n) is 6.05. The quantitative estimate of drug-likeness (QED) is 0.890. The van der Waals surface area contributed by atoms with E-state index in [1.165, 1.54) is 18.7 Å². The van der Waals surface area contributed by atoms with Crippen molar-refractivity contribution in [3.8, 4) is 0 Å². The molecule has 2 unspecified atom stereocenters. The van der Waals surface area contributed by atoms with Crippen molar-refractivity contribution in [2.75, 3.05) is 5.75 Å². The first kappa shape index (κ1) is 14.5. The average Bonchev–Trinajstić information content (AvgIpc) is 2.85. The van der Waals surface area contributed by atoms with Crippen molar-refractivity contribution >= 4 is 38.3 Å². The van der Waals surface area contributed by atoms with E-state index in [0.29, 0.717) is 12.2 Å². The van der Waals surface area contributed by atoms with Gasteiger partial charge in [0.2, 0.25) is 0 Å². The number of thiophene rings is 1. The molecule has 0 saturated heterocycles. The van der Waals surface area contributed by atoms with Crippen molar-refractivity contribution in [3.63, 3.8) is 0 Å². The van der Waals surface area contributed by atoms with Crippen LogP contribution in [0, 0.1) is 0 Å². The van der Waals surface area contributed by atoms with E-state index >= 15 is 0 Å². The monoisotopic (exact) mass is 296 g/mol. The van der Waals surface area contributed by atoms with Crippen LogP contribution in [0.25, 0.3) is 10.1 Å². The maximum absolute atomic E-state index is 10.8. The third kappa shape index (κ3) is 3.57. The number of hydrogen-bond donors (Lipinski definition) is 2. The summed E-state index contributed by atoms with van der Waals surface area (Å²) in [7, 11) is 0. The second-order valence-electron chi connectivity index (χ2n) is 4.33. The second-order valence-corrected chi connectivity index (χ2v) is 6.52. The zero-order valence-corrected chi connectivity index (χ0v) is 12.2. The number of rotatable bonds is 5. The average molecular weight is 296 g/mol. The van der Waals surface area contributed by atoms with Crippen LogP contribution in [0.1, 0.15) is 25.0 Å². The molecule has 0 bridgehead atoms. The number of carbonyl (C=O) groups excluding carboxylic acids is 1. The molecule has 1 aromatic heterocycles. The maximum atomic E-state index is 10.8. The fourth-order valence-electron chi connectivity index (χ4n) is 1.94. The molecule has 19 heavy (non-hydrogen) atoms. The van der Waals surface area contributed by atoms with Crippen molar-refractivity contribution < 1.29 is 15.0 Å². The molecule has 2 rings (SSSR count). The van der Waals surface area contributed by atoms with Crippen LogP contribution in [0.4, 0.5) is 0 Å². The minimum atomic E-state index is -0.907. The lowest BCUT2D eigenvalue weighted by molar-refractivity contribution is -0.109. The van der Waals surface area contributed by atoms with E-state index in [-0.39, 0.29) is 5.12 Å². The summed E-state index contributed by atoms with van der Waals surface area (Å²) in [5, 5.41) is 23.3. The molecular formula is C14H16O3S2. The van der Waals surface area contributed by atoms with Gasteiger partial charge in [-0.1, -0.05) is 30.0 Å². The highest BCUT2D eigenvalue weighted by molar-refractivity contribution is 8.13. The zero-order valence-electron chi connectivity index (χ0n) is 10.6. The maximum Gasteiger partial charge on any atom is 0.185 e. The lowest BCUT2D eigenvalue weighted by Gasteiger charge is -2.18. The van der Waals surface area contributed by atoms with Crippen molar-refractivity contribution in [2.45, 2.75) is 25.6 Å². The normalized spacial score (nSPS) is 14.5. The first-order chi connectivity index (χ1) is 9.09. The second kappa shape index (κ2) is 6.52. The molecule has 0 aliphatic heterocycles. The molecular weight excluding hydrogens is 280 g/mol. The SMILES string of the molecule is CC(=O)SCCC(O)C(O)c1cccc2ccsc12. The molecule has 2 N–H and O–H groups in total. The Morgan fingerprint density at radius 1 is 1.37 bits per heavy atom. The predicted molar refractivity (Wildman–Crippen MR) is 80.5 cm³/mol. The number of hydrogen-bond acceptors (Lipinski definition) is 5. The van der Waals surface area contributed by atoms with Gasteiger partial charge in [-0.05, 0) is 23.3 Å². The highest BCUT2D eigenvalue weighted by Gasteiger charge is 2.20. The topological polar surface area (TPSA) is 57.5 Å². The van der Waals surface area contributed by atoms with Gasteiger partial charge in [-0.25, -0.2) is 0 Å². The van der Waals surface area contributed by atoms with Crippen LogP contribution >= 0.6 is 23.1 Å². The summed E-state index contributed by atoms with van der Waals surface area (Å²) in [5.41, 5.74) is 0.757. The Kier molecular flexibility index (Phi) is 4.99. The van der Waals surface area contributed by atoms with Crippen LogP contribution < -0.4 is 0 Å². The van der Waals surface area contributed by atoms with E-state index < -0.39 is 12.2 Å². The van der Waals surface area contributed by atoms with Crippen molar-refractivity contribution in [1.29, 1.82) is 0 Å². The molecule has 0 amide bonds. The molecule has 1 heterocycles. The number of thioether (sulfide) groups is 1. The zero-order chi connectivity index (χ0) is 13.8. The molecule has 0 radical (unpaired) electrons. The Morgan fingerprint density at radius 2 is 2.16 bits per heavy atom. The Bertz CT molecular complexity index is 565. The van der Waals surface area contributed by atoms with Crippen LogP contribution in [-0.4, -0.2) is 27.2 Å². The van der Waals surface area contributed by atoms with E-state index in [0.717, 1.165) is 15.6 Å². The van der Waals surface area contributed by atoms with Gasteiger partial charge in [0, 0.05) is 22.9 Å². The van der Waals surface area contributed by atoms with Crippen LogP contribution in [0.15, 0.2) is 29.6 Å². The van der Waals surface area contributed by atoms with Crippen molar-refractivity contribution in [2.24, 2.45) is 0 Å². The lowest BCUT2D eigenvalue weighted by Crippen LogP contribution is -2.19. The number of carbonyl (C=O) groups is 1. The summed E-state index contributed by atoms with van der Waals surface area (Å²) < 4.78 is 1.01. The third-order valence-electron chi connectivity index (χ3n) is 2.91. The summed E-state index contributed by atoms with van der Waals surface area (Å²) in [6.45, 7) is 1.50. The Labute approximate surface area is 120 Å². The summed E-state index contributed by atoms with van der Waals surface area (Å²) >= 11 is 2.73.